The molecule has 35 heavy (non-hydrogen) atoms. The predicted molar refractivity (Wildman–Crippen MR) is 114 cm³/mol. The molecule has 2 aromatic carbocycles. The number of likely N-dealkylation sites (tertiary alicyclic amines) is 1. The fourth-order valence-corrected chi connectivity index (χ4v) is 4.32. The number of halogens is 6. The van der Waals surface area contributed by atoms with E-state index in [-0.39, 0.29) is 28.2 Å². The Morgan fingerprint density at radius 3 is 1.77 bits per heavy atom. The number of carbonyl (C=O) groups excluding carboxylic acids is 2. The monoisotopic (exact) mass is 498 g/mol. The zero-order valence-electron chi connectivity index (χ0n) is 18.1. The standard InChI is InChI=1S/C24H20F6N2O3/c25-23(26,27)22(35,24(28,29)30)14-8-10-15(11-9-14)31-18-19(32-12-4-1-5-13-32)21(34)17-7-3-2-6-16(17)20(18)33/h2-3,6-11,31,35H,1,4-5,12-13H2. The number of piperidine rings is 1. The number of nitrogens with one attached hydrogen (secondary N) is 1. The van der Waals surface area contributed by atoms with E-state index in [0.29, 0.717) is 25.2 Å². The molecule has 11 heteroatoms. The van der Waals surface area contributed by atoms with Gasteiger partial charge in [0.1, 0.15) is 11.4 Å². The third kappa shape index (κ3) is 4.18. The summed E-state index contributed by atoms with van der Waals surface area (Å²) in [6.45, 7) is 1.04. The molecule has 0 spiro atoms. The molecule has 0 atom stereocenters. The second kappa shape index (κ2) is 8.71. The van der Waals surface area contributed by atoms with E-state index in [1.807, 2.05) is 0 Å². The number of benzene rings is 2. The number of allylic oxidation sites excluding steroid dienone is 2. The highest BCUT2D eigenvalue weighted by molar-refractivity contribution is 6.27. The van der Waals surface area contributed by atoms with Crippen LogP contribution in [0.1, 0.15) is 45.5 Å². The number of ketones is 2. The van der Waals surface area contributed by atoms with Crippen LogP contribution in [0.4, 0.5) is 32.0 Å². The SMILES string of the molecule is O=C1C(Nc2ccc(C(O)(C(F)(F)F)C(F)(F)F)cc2)=C(N2CCCCC2)C(=O)c2ccccc21. The zero-order valence-corrected chi connectivity index (χ0v) is 18.1. The summed E-state index contributed by atoms with van der Waals surface area (Å²) in [4.78, 5) is 28.3. The van der Waals surface area contributed by atoms with E-state index >= 15 is 0 Å². The number of nitrogens with zero attached hydrogens (tertiary/aromatic N) is 1. The van der Waals surface area contributed by atoms with E-state index in [0.717, 1.165) is 31.4 Å². The molecule has 1 aliphatic heterocycles. The summed E-state index contributed by atoms with van der Waals surface area (Å²) < 4.78 is 79.0. The Bertz CT molecular complexity index is 1160. The number of rotatable bonds is 4. The van der Waals surface area contributed by atoms with Crippen molar-refractivity contribution in [2.45, 2.75) is 37.2 Å². The average Bonchev–Trinajstić information content (AvgIpc) is 2.81. The molecule has 0 aromatic heterocycles. The minimum Gasteiger partial charge on any atom is -0.369 e. The molecule has 5 nitrogen and oxygen atoms in total. The van der Waals surface area contributed by atoms with Crippen molar-refractivity contribution in [2.75, 3.05) is 18.4 Å². The number of alkyl halides is 6. The third-order valence-corrected chi connectivity index (χ3v) is 6.16. The molecule has 1 fully saturated rings. The van der Waals surface area contributed by atoms with Crippen LogP contribution in [0.15, 0.2) is 59.9 Å². The largest absolute Gasteiger partial charge is 0.430 e. The topological polar surface area (TPSA) is 69.6 Å². The summed E-state index contributed by atoms with van der Waals surface area (Å²) in [5, 5.41) is 12.3. The molecule has 1 aliphatic carbocycles. The number of carbonyl (C=O) groups is 2. The summed E-state index contributed by atoms with van der Waals surface area (Å²) in [7, 11) is 0. The van der Waals surface area contributed by atoms with Gasteiger partial charge in [0, 0.05) is 35.5 Å². The summed E-state index contributed by atoms with van der Waals surface area (Å²) in [5.74, 6) is -0.920. The first-order valence-electron chi connectivity index (χ1n) is 10.8. The van der Waals surface area contributed by atoms with Crippen molar-refractivity contribution in [3.63, 3.8) is 0 Å². The minimum atomic E-state index is -6.01. The lowest BCUT2D eigenvalue weighted by molar-refractivity contribution is -0.376. The van der Waals surface area contributed by atoms with Crippen molar-refractivity contribution >= 4 is 17.3 Å². The summed E-state index contributed by atoms with van der Waals surface area (Å²) in [6.07, 6.45) is -9.49. The van der Waals surface area contributed by atoms with Crippen molar-refractivity contribution in [3.05, 3.63) is 76.6 Å². The fraction of sp³-hybridized carbons (Fsp3) is 0.333. The number of aliphatic hydroxyl groups is 1. The van der Waals surface area contributed by atoms with Crippen LogP contribution < -0.4 is 5.32 Å². The van der Waals surface area contributed by atoms with Gasteiger partial charge in [-0.3, -0.25) is 9.59 Å². The van der Waals surface area contributed by atoms with Gasteiger partial charge in [0.2, 0.25) is 11.6 Å². The van der Waals surface area contributed by atoms with Gasteiger partial charge < -0.3 is 15.3 Å². The Morgan fingerprint density at radius 1 is 0.743 bits per heavy atom. The van der Waals surface area contributed by atoms with E-state index < -0.39 is 35.1 Å². The highest BCUT2D eigenvalue weighted by Crippen LogP contribution is 2.50. The highest BCUT2D eigenvalue weighted by Gasteiger charge is 2.71. The maximum Gasteiger partial charge on any atom is 0.430 e. The molecule has 0 saturated carbocycles. The average molecular weight is 498 g/mol. The molecule has 0 radical (unpaired) electrons. The van der Waals surface area contributed by atoms with Crippen LogP contribution in [0.3, 0.4) is 0 Å². The van der Waals surface area contributed by atoms with E-state index in [1.165, 1.54) is 12.1 Å². The first-order valence-corrected chi connectivity index (χ1v) is 10.8. The van der Waals surface area contributed by atoms with Crippen LogP contribution in [0, 0.1) is 0 Å². The van der Waals surface area contributed by atoms with Gasteiger partial charge in [0.15, 0.2) is 0 Å². The van der Waals surface area contributed by atoms with Crippen LogP contribution in [0.25, 0.3) is 0 Å². The molecule has 2 aliphatic rings. The summed E-state index contributed by atoms with van der Waals surface area (Å²) >= 11 is 0. The van der Waals surface area contributed by atoms with E-state index in [9.17, 15) is 41.0 Å². The number of anilines is 1. The van der Waals surface area contributed by atoms with Crippen LogP contribution in [-0.2, 0) is 5.60 Å². The molecule has 0 unspecified atom stereocenters. The molecule has 1 heterocycles. The van der Waals surface area contributed by atoms with Crippen molar-refractivity contribution in [2.24, 2.45) is 0 Å². The molecule has 2 aromatic rings. The first kappa shape index (κ1) is 24.8. The Kier molecular flexibility index (Phi) is 6.16. The first-order chi connectivity index (χ1) is 16.4. The lowest BCUT2D eigenvalue weighted by Gasteiger charge is -2.34. The minimum absolute atomic E-state index is 0.0227. The number of hydrogen-bond donors (Lipinski definition) is 2. The Hall–Kier alpha value is -3.34. The highest BCUT2D eigenvalue weighted by atomic mass is 19.4. The normalized spacial score (nSPS) is 17.5. The summed E-state index contributed by atoms with van der Waals surface area (Å²) in [5.41, 5.74) is -6.15. The van der Waals surface area contributed by atoms with Gasteiger partial charge in [-0.25, -0.2) is 0 Å². The quantitative estimate of drug-likeness (QED) is 0.569. The molecular weight excluding hydrogens is 478 g/mol. The second-order valence-corrected chi connectivity index (χ2v) is 8.38. The Balaban J connectivity index is 1.74. The van der Waals surface area contributed by atoms with E-state index in [2.05, 4.69) is 5.32 Å². The zero-order chi connectivity index (χ0) is 25.6. The van der Waals surface area contributed by atoms with Gasteiger partial charge >= 0.3 is 12.4 Å². The van der Waals surface area contributed by atoms with Crippen molar-refractivity contribution in [1.82, 2.24) is 4.90 Å². The molecule has 186 valence electrons. The molecule has 4 rings (SSSR count). The van der Waals surface area contributed by atoms with E-state index in [1.54, 1.807) is 17.0 Å². The lowest BCUT2D eigenvalue weighted by Crippen LogP contribution is -2.53. The number of Topliss-reactive ketones (excluding diaryl/α,β-unsaturated/α-hetero) is 2. The fourth-order valence-electron chi connectivity index (χ4n) is 4.32. The molecular formula is C24H20F6N2O3. The maximum atomic E-state index is 13.3. The van der Waals surface area contributed by atoms with Crippen LogP contribution in [-0.4, -0.2) is 47.0 Å². The number of hydrogen-bond acceptors (Lipinski definition) is 5. The van der Waals surface area contributed by atoms with Gasteiger partial charge in [-0.2, -0.15) is 26.3 Å². The smallest absolute Gasteiger partial charge is 0.369 e. The van der Waals surface area contributed by atoms with Gasteiger partial charge in [-0.15, -0.1) is 0 Å². The molecule has 2 N–H and O–H groups in total. The maximum absolute atomic E-state index is 13.3. The van der Waals surface area contributed by atoms with Gasteiger partial charge in [-0.05, 0) is 31.4 Å². The van der Waals surface area contributed by atoms with Crippen LogP contribution in [0.2, 0.25) is 0 Å². The van der Waals surface area contributed by atoms with Crippen LogP contribution >= 0.6 is 0 Å². The Labute approximate surface area is 196 Å². The van der Waals surface area contributed by atoms with Crippen LogP contribution in [0.5, 0.6) is 0 Å². The third-order valence-electron chi connectivity index (χ3n) is 6.16. The van der Waals surface area contributed by atoms with Crippen molar-refractivity contribution in [3.8, 4) is 0 Å². The van der Waals surface area contributed by atoms with Gasteiger partial charge in [0.25, 0.3) is 5.60 Å². The van der Waals surface area contributed by atoms with E-state index in [4.69, 9.17) is 0 Å². The predicted octanol–water partition coefficient (Wildman–Crippen LogP) is 5.19. The molecule has 0 bridgehead atoms. The molecule has 0 amide bonds. The summed E-state index contributed by atoms with van der Waals surface area (Å²) in [6, 6.07) is 8.93. The second-order valence-electron chi connectivity index (χ2n) is 8.38. The Morgan fingerprint density at radius 2 is 1.26 bits per heavy atom. The number of fused-ring (bicyclic) bond motifs is 1. The molecule has 1 saturated heterocycles. The van der Waals surface area contributed by atoms with Gasteiger partial charge in [-0.1, -0.05) is 36.4 Å². The van der Waals surface area contributed by atoms with Gasteiger partial charge in [0.05, 0.1) is 0 Å². The lowest BCUT2D eigenvalue weighted by atomic mass is 9.88. The van der Waals surface area contributed by atoms with Crippen molar-refractivity contribution < 1.29 is 41.0 Å². The van der Waals surface area contributed by atoms with Crippen molar-refractivity contribution in [1.29, 1.82) is 0 Å².